The molecular formula is C27H30N2O5. The highest BCUT2D eigenvalue weighted by atomic mass is 16.5. The van der Waals surface area contributed by atoms with E-state index in [1.807, 2.05) is 36.4 Å². The van der Waals surface area contributed by atoms with E-state index < -0.39 is 5.97 Å². The number of aromatic nitrogens is 1. The first kappa shape index (κ1) is 23.5. The average Bonchev–Trinajstić information content (AvgIpc) is 2.85. The molecule has 1 aliphatic heterocycles. The Hall–Kier alpha value is -3.61. The number of amides is 1. The Morgan fingerprint density at radius 1 is 0.971 bits per heavy atom. The Morgan fingerprint density at radius 2 is 1.68 bits per heavy atom. The normalized spacial score (nSPS) is 17.9. The van der Waals surface area contributed by atoms with Crippen molar-refractivity contribution in [1.82, 2.24) is 9.88 Å². The minimum absolute atomic E-state index is 0.162. The number of fused-ring (bicyclic) bond motifs is 1. The topological polar surface area (TPSA) is 78.0 Å². The Kier molecular flexibility index (Phi) is 7.01. The highest BCUT2D eigenvalue weighted by molar-refractivity contribution is 6.05. The van der Waals surface area contributed by atoms with Crippen LogP contribution < -0.4 is 9.47 Å². The van der Waals surface area contributed by atoms with Gasteiger partial charge in [0.25, 0.3) is 5.91 Å². The van der Waals surface area contributed by atoms with Gasteiger partial charge in [0.1, 0.15) is 0 Å². The van der Waals surface area contributed by atoms with E-state index in [9.17, 15) is 9.59 Å². The summed E-state index contributed by atoms with van der Waals surface area (Å²) in [7, 11) is 3.14. The van der Waals surface area contributed by atoms with E-state index in [-0.39, 0.29) is 12.5 Å². The summed E-state index contributed by atoms with van der Waals surface area (Å²) < 4.78 is 16.2. The number of hydrogen-bond donors (Lipinski definition) is 0. The molecule has 1 fully saturated rings. The van der Waals surface area contributed by atoms with Crippen molar-refractivity contribution in [2.45, 2.75) is 20.3 Å². The zero-order valence-electron chi connectivity index (χ0n) is 20.0. The van der Waals surface area contributed by atoms with E-state index >= 15 is 0 Å². The molecule has 7 heteroatoms. The lowest BCUT2D eigenvalue weighted by atomic mass is 9.92. The number of nitrogens with zero attached hydrogens (tertiary/aromatic N) is 2. The van der Waals surface area contributed by atoms with Gasteiger partial charge in [0, 0.05) is 24.0 Å². The summed E-state index contributed by atoms with van der Waals surface area (Å²) >= 11 is 0. The molecule has 34 heavy (non-hydrogen) atoms. The molecule has 1 aromatic heterocycles. The van der Waals surface area contributed by atoms with Crippen LogP contribution in [-0.2, 0) is 9.53 Å². The molecule has 1 saturated heterocycles. The lowest BCUT2D eigenvalue weighted by Crippen LogP contribution is -2.44. The Morgan fingerprint density at radius 3 is 2.38 bits per heavy atom. The molecule has 2 heterocycles. The molecule has 0 N–H and O–H groups in total. The lowest BCUT2D eigenvalue weighted by molar-refractivity contribution is -0.137. The van der Waals surface area contributed by atoms with E-state index in [0.717, 1.165) is 12.0 Å². The van der Waals surface area contributed by atoms with Crippen molar-refractivity contribution in [1.29, 1.82) is 0 Å². The van der Waals surface area contributed by atoms with Gasteiger partial charge in [-0.15, -0.1) is 0 Å². The zero-order valence-corrected chi connectivity index (χ0v) is 20.0. The monoisotopic (exact) mass is 462 g/mol. The molecule has 0 saturated carbocycles. The van der Waals surface area contributed by atoms with Crippen LogP contribution in [0.15, 0.2) is 48.5 Å². The molecule has 1 amide bonds. The smallest absolute Gasteiger partial charge is 0.339 e. The van der Waals surface area contributed by atoms with Gasteiger partial charge in [-0.1, -0.05) is 32.0 Å². The minimum atomic E-state index is -0.549. The van der Waals surface area contributed by atoms with Crippen molar-refractivity contribution in [3.63, 3.8) is 0 Å². The first-order valence-corrected chi connectivity index (χ1v) is 11.5. The molecule has 178 valence electrons. The van der Waals surface area contributed by atoms with Crippen LogP contribution in [0.25, 0.3) is 22.2 Å². The van der Waals surface area contributed by atoms with Gasteiger partial charge in [0.05, 0.1) is 31.0 Å². The molecular weight excluding hydrogens is 432 g/mol. The highest BCUT2D eigenvalue weighted by Gasteiger charge is 2.26. The van der Waals surface area contributed by atoms with Crippen LogP contribution in [0.2, 0.25) is 0 Å². The predicted octanol–water partition coefficient (Wildman–Crippen LogP) is 4.58. The maximum atomic E-state index is 13.1. The van der Waals surface area contributed by atoms with Crippen LogP contribution in [0.3, 0.4) is 0 Å². The summed E-state index contributed by atoms with van der Waals surface area (Å²) in [6.07, 6.45) is 1.10. The summed E-state index contributed by atoms with van der Waals surface area (Å²) in [5, 5.41) is 0.671. The fraction of sp³-hybridized carbons (Fsp3) is 0.370. The summed E-state index contributed by atoms with van der Waals surface area (Å²) in [5.74, 6) is 1.34. The number of piperidine rings is 1. The molecule has 2 aromatic carbocycles. The van der Waals surface area contributed by atoms with E-state index in [1.54, 1.807) is 31.3 Å². The van der Waals surface area contributed by atoms with Crippen molar-refractivity contribution >= 4 is 22.8 Å². The third kappa shape index (κ3) is 4.98. The van der Waals surface area contributed by atoms with E-state index in [1.165, 1.54) is 0 Å². The van der Waals surface area contributed by atoms with Gasteiger partial charge in [-0.3, -0.25) is 4.79 Å². The fourth-order valence-corrected chi connectivity index (χ4v) is 4.65. The average molecular weight is 463 g/mol. The maximum Gasteiger partial charge on any atom is 0.339 e. The van der Waals surface area contributed by atoms with Gasteiger partial charge in [-0.25, -0.2) is 9.78 Å². The molecule has 2 unspecified atom stereocenters. The maximum absolute atomic E-state index is 13.1. The number of para-hydroxylation sites is 1. The number of carbonyl (C=O) groups is 2. The summed E-state index contributed by atoms with van der Waals surface area (Å²) in [4.78, 5) is 32.4. The first-order chi connectivity index (χ1) is 16.4. The number of carbonyl (C=O) groups excluding carboxylic acids is 2. The third-order valence-corrected chi connectivity index (χ3v) is 6.16. The quantitative estimate of drug-likeness (QED) is 0.499. The first-order valence-electron chi connectivity index (χ1n) is 11.5. The molecule has 0 bridgehead atoms. The number of ether oxygens (including phenoxy) is 3. The molecule has 1 aliphatic rings. The van der Waals surface area contributed by atoms with Gasteiger partial charge < -0.3 is 19.1 Å². The lowest BCUT2D eigenvalue weighted by Gasteiger charge is -2.34. The van der Waals surface area contributed by atoms with Crippen LogP contribution in [0.5, 0.6) is 11.5 Å². The third-order valence-electron chi connectivity index (χ3n) is 6.16. The number of likely N-dealkylation sites (tertiary alicyclic amines) is 1. The van der Waals surface area contributed by atoms with E-state index in [4.69, 9.17) is 19.2 Å². The van der Waals surface area contributed by atoms with Crippen molar-refractivity contribution in [2.24, 2.45) is 11.8 Å². The van der Waals surface area contributed by atoms with Crippen LogP contribution >= 0.6 is 0 Å². The van der Waals surface area contributed by atoms with Crippen LogP contribution in [-0.4, -0.2) is 55.7 Å². The predicted molar refractivity (Wildman–Crippen MR) is 130 cm³/mol. The second-order valence-corrected chi connectivity index (χ2v) is 8.96. The van der Waals surface area contributed by atoms with Gasteiger partial charge in [0.15, 0.2) is 18.1 Å². The van der Waals surface area contributed by atoms with Crippen molar-refractivity contribution in [2.75, 3.05) is 33.9 Å². The van der Waals surface area contributed by atoms with Crippen LogP contribution in [0, 0.1) is 11.8 Å². The van der Waals surface area contributed by atoms with Gasteiger partial charge in [-0.05, 0) is 48.6 Å². The van der Waals surface area contributed by atoms with Crippen LogP contribution in [0.1, 0.15) is 30.6 Å². The number of hydrogen-bond acceptors (Lipinski definition) is 6. The second-order valence-electron chi connectivity index (χ2n) is 8.96. The summed E-state index contributed by atoms with van der Waals surface area (Å²) in [6, 6.07) is 14.5. The summed E-state index contributed by atoms with van der Waals surface area (Å²) in [5.41, 5.74) is 2.39. The molecule has 4 rings (SSSR count). The van der Waals surface area contributed by atoms with Crippen LogP contribution in [0.4, 0.5) is 0 Å². The van der Waals surface area contributed by atoms with E-state index in [0.29, 0.717) is 58.6 Å². The van der Waals surface area contributed by atoms with Gasteiger partial charge in [-0.2, -0.15) is 0 Å². The standard InChI is InChI=1S/C27H30N2O5/c1-17-11-18(2)15-29(14-17)26(30)16-34-27(31)21-13-23(28-22-8-6-5-7-20(21)22)19-9-10-24(32-3)25(12-19)33-4/h5-10,12-13,17-18H,11,14-16H2,1-4H3. The number of benzene rings is 2. The Labute approximate surface area is 199 Å². The van der Waals surface area contributed by atoms with E-state index in [2.05, 4.69) is 13.8 Å². The fourth-order valence-electron chi connectivity index (χ4n) is 4.65. The number of rotatable bonds is 6. The minimum Gasteiger partial charge on any atom is -0.493 e. The molecule has 0 spiro atoms. The summed E-state index contributed by atoms with van der Waals surface area (Å²) in [6.45, 7) is 5.40. The molecule has 0 aliphatic carbocycles. The number of esters is 1. The van der Waals surface area contributed by atoms with Crippen molar-refractivity contribution in [3.05, 3.63) is 54.1 Å². The molecule has 3 aromatic rings. The highest BCUT2D eigenvalue weighted by Crippen LogP contribution is 2.33. The van der Waals surface area contributed by atoms with Crippen molar-refractivity contribution < 1.29 is 23.8 Å². The number of pyridine rings is 1. The number of methoxy groups -OCH3 is 2. The van der Waals surface area contributed by atoms with Crippen molar-refractivity contribution in [3.8, 4) is 22.8 Å². The largest absolute Gasteiger partial charge is 0.493 e. The zero-order chi connectivity index (χ0) is 24.2. The SMILES string of the molecule is COc1ccc(-c2cc(C(=O)OCC(=O)N3CC(C)CC(C)C3)c3ccccc3n2)cc1OC. The molecule has 7 nitrogen and oxygen atoms in total. The van der Waals surface area contributed by atoms with Gasteiger partial charge in [0.2, 0.25) is 0 Å². The Bertz CT molecular complexity index is 1200. The Balaban J connectivity index is 1.60. The molecule has 0 radical (unpaired) electrons. The van der Waals surface area contributed by atoms with Gasteiger partial charge >= 0.3 is 5.97 Å². The second kappa shape index (κ2) is 10.1. The molecule has 2 atom stereocenters.